The Bertz CT molecular complexity index is 830. The summed E-state index contributed by atoms with van der Waals surface area (Å²) in [7, 11) is 0. The molecule has 1 saturated carbocycles. The van der Waals surface area contributed by atoms with Crippen molar-refractivity contribution in [1.82, 2.24) is 15.0 Å². The van der Waals surface area contributed by atoms with Crippen LogP contribution in [-0.2, 0) is 11.0 Å². The van der Waals surface area contributed by atoms with Crippen molar-refractivity contribution in [2.24, 2.45) is 0 Å². The van der Waals surface area contributed by atoms with Crippen LogP contribution in [0.25, 0.3) is 0 Å². The number of para-hydroxylation sites is 1. The summed E-state index contributed by atoms with van der Waals surface area (Å²) in [4.78, 5) is 15.0. The molecule has 0 bridgehead atoms. The van der Waals surface area contributed by atoms with Gasteiger partial charge in [0, 0.05) is 12.0 Å². The lowest BCUT2D eigenvalue weighted by Crippen LogP contribution is -2.35. The molecule has 1 aliphatic heterocycles. The Morgan fingerprint density at radius 3 is 2.60 bits per heavy atom. The van der Waals surface area contributed by atoms with E-state index in [1.54, 1.807) is 10.9 Å². The summed E-state index contributed by atoms with van der Waals surface area (Å²) in [5.74, 6) is -0.117. The number of nitrogens with zero attached hydrogens (tertiary/aromatic N) is 4. The second kappa shape index (κ2) is 5.56. The fourth-order valence-corrected chi connectivity index (χ4v) is 4.44. The number of amides is 1. The molecular formula is C19H23ClN4O. The molecule has 0 radical (unpaired) electrons. The fraction of sp³-hybridized carbons (Fsp3) is 0.526. The van der Waals surface area contributed by atoms with E-state index in [0.29, 0.717) is 17.3 Å². The van der Waals surface area contributed by atoms with Crippen molar-refractivity contribution < 1.29 is 4.79 Å². The number of rotatable bonds is 1. The summed E-state index contributed by atoms with van der Waals surface area (Å²) < 4.78 is 1.73. The van der Waals surface area contributed by atoms with Gasteiger partial charge in [0.05, 0.1) is 22.4 Å². The first kappa shape index (κ1) is 16.6. The highest BCUT2D eigenvalue weighted by Gasteiger charge is 2.47. The van der Waals surface area contributed by atoms with Crippen LogP contribution < -0.4 is 4.90 Å². The fourth-order valence-electron chi connectivity index (χ4n) is 4.16. The average Bonchev–Trinajstić information content (AvgIpc) is 3.27. The maximum absolute atomic E-state index is 13.2. The first-order valence-electron chi connectivity index (χ1n) is 8.86. The minimum atomic E-state index is -0.210. The number of anilines is 1. The normalized spacial score (nSPS) is 18.8. The van der Waals surface area contributed by atoms with E-state index in [-0.39, 0.29) is 16.9 Å². The van der Waals surface area contributed by atoms with Gasteiger partial charge < -0.3 is 4.90 Å². The highest BCUT2D eigenvalue weighted by molar-refractivity contribution is 6.34. The molecule has 2 aromatic rings. The number of hydrogen-bond donors (Lipinski definition) is 0. The van der Waals surface area contributed by atoms with E-state index in [1.807, 2.05) is 37.8 Å². The molecule has 2 heterocycles. The smallest absolute Gasteiger partial charge is 0.280 e. The lowest BCUT2D eigenvalue weighted by atomic mass is 9.81. The number of hydrogen-bond acceptors (Lipinski definition) is 3. The molecule has 0 N–H and O–H groups in total. The van der Waals surface area contributed by atoms with Crippen LogP contribution >= 0.6 is 11.6 Å². The lowest BCUT2D eigenvalue weighted by molar-refractivity contribution is 0.0980. The monoisotopic (exact) mass is 358 g/mol. The third-order valence-electron chi connectivity index (χ3n) is 5.49. The average molecular weight is 359 g/mol. The number of aromatic nitrogens is 3. The predicted octanol–water partition coefficient (Wildman–Crippen LogP) is 4.16. The minimum absolute atomic E-state index is 0.0515. The van der Waals surface area contributed by atoms with Crippen LogP contribution in [-0.4, -0.2) is 27.4 Å². The van der Waals surface area contributed by atoms with Gasteiger partial charge in [-0.05, 0) is 45.2 Å². The molecule has 2 aliphatic rings. The third-order valence-corrected chi connectivity index (χ3v) is 5.80. The van der Waals surface area contributed by atoms with Crippen LogP contribution in [0, 0.1) is 0 Å². The zero-order valence-electron chi connectivity index (χ0n) is 14.9. The van der Waals surface area contributed by atoms with Gasteiger partial charge in [0.1, 0.15) is 0 Å². The van der Waals surface area contributed by atoms with Gasteiger partial charge in [-0.15, -0.1) is 5.10 Å². The van der Waals surface area contributed by atoms with Crippen LogP contribution in [0.3, 0.4) is 0 Å². The molecular weight excluding hydrogens is 336 g/mol. The number of carbonyl (C=O) groups is 1. The standard InChI is InChI=1S/C19H23ClN4O/c1-18(2,3)24-11-15(21-22-24)17(25)23-12-19(9-4-5-10-19)13-7-6-8-14(20)16(13)23/h6-8,11H,4-5,9-10,12H2,1-3H3. The summed E-state index contributed by atoms with van der Waals surface area (Å²) in [5, 5.41) is 8.89. The molecule has 1 aromatic carbocycles. The Labute approximate surface area is 153 Å². The SMILES string of the molecule is CC(C)(C)n1cc(C(=O)N2CC3(CCCC3)c3cccc(Cl)c32)nn1. The second-order valence-electron chi connectivity index (χ2n) is 8.23. The van der Waals surface area contributed by atoms with Crippen LogP contribution in [0.2, 0.25) is 5.02 Å². The van der Waals surface area contributed by atoms with E-state index in [0.717, 1.165) is 18.5 Å². The van der Waals surface area contributed by atoms with Crippen LogP contribution in [0.5, 0.6) is 0 Å². The largest absolute Gasteiger partial charge is 0.304 e. The van der Waals surface area contributed by atoms with Crippen LogP contribution in [0.15, 0.2) is 24.4 Å². The van der Waals surface area contributed by atoms with Crippen molar-refractivity contribution in [3.05, 3.63) is 40.7 Å². The number of benzene rings is 1. The van der Waals surface area contributed by atoms with Gasteiger partial charge in [-0.2, -0.15) is 0 Å². The Morgan fingerprint density at radius 1 is 1.24 bits per heavy atom. The molecule has 132 valence electrons. The first-order valence-corrected chi connectivity index (χ1v) is 9.23. The number of carbonyl (C=O) groups excluding carboxylic acids is 1. The number of halogens is 1. The molecule has 0 saturated heterocycles. The van der Waals surface area contributed by atoms with Crippen molar-refractivity contribution in [2.45, 2.75) is 57.4 Å². The van der Waals surface area contributed by atoms with E-state index in [2.05, 4.69) is 16.4 Å². The molecule has 4 rings (SSSR count). The van der Waals surface area contributed by atoms with E-state index in [1.165, 1.54) is 18.4 Å². The van der Waals surface area contributed by atoms with E-state index >= 15 is 0 Å². The van der Waals surface area contributed by atoms with E-state index in [9.17, 15) is 4.79 Å². The van der Waals surface area contributed by atoms with Crippen molar-refractivity contribution >= 4 is 23.2 Å². The van der Waals surface area contributed by atoms with Gasteiger partial charge in [0.2, 0.25) is 0 Å². The van der Waals surface area contributed by atoms with Gasteiger partial charge in [-0.25, -0.2) is 4.68 Å². The molecule has 5 nitrogen and oxygen atoms in total. The minimum Gasteiger partial charge on any atom is -0.304 e. The number of fused-ring (bicyclic) bond motifs is 2. The Hall–Kier alpha value is -1.88. The van der Waals surface area contributed by atoms with E-state index < -0.39 is 0 Å². The molecule has 0 atom stereocenters. The Kier molecular flexibility index (Phi) is 3.69. The molecule has 1 aromatic heterocycles. The molecule has 1 fully saturated rings. The molecule has 0 unspecified atom stereocenters. The van der Waals surface area contributed by atoms with Gasteiger partial charge in [-0.3, -0.25) is 4.79 Å². The van der Waals surface area contributed by atoms with E-state index in [4.69, 9.17) is 11.6 Å². The highest BCUT2D eigenvalue weighted by Crippen LogP contribution is 2.52. The molecule has 6 heteroatoms. The summed E-state index contributed by atoms with van der Waals surface area (Å²) in [6, 6.07) is 5.98. The maximum atomic E-state index is 13.2. The van der Waals surface area contributed by atoms with Crippen molar-refractivity contribution in [1.29, 1.82) is 0 Å². The van der Waals surface area contributed by atoms with Crippen molar-refractivity contribution in [2.75, 3.05) is 11.4 Å². The molecule has 1 aliphatic carbocycles. The predicted molar refractivity (Wildman–Crippen MR) is 98.3 cm³/mol. The quantitative estimate of drug-likeness (QED) is 0.769. The second-order valence-corrected chi connectivity index (χ2v) is 8.64. The van der Waals surface area contributed by atoms with Gasteiger partial charge in [0.25, 0.3) is 5.91 Å². The van der Waals surface area contributed by atoms with Crippen LogP contribution in [0.1, 0.15) is 62.5 Å². The highest BCUT2D eigenvalue weighted by atomic mass is 35.5. The molecule has 25 heavy (non-hydrogen) atoms. The Balaban J connectivity index is 1.74. The summed E-state index contributed by atoms with van der Waals surface area (Å²) >= 11 is 6.50. The molecule has 1 amide bonds. The van der Waals surface area contributed by atoms with Gasteiger partial charge in [0.15, 0.2) is 5.69 Å². The molecule has 1 spiro atoms. The van der Waals surface area contributed by atoms with Gasteiger partial charge in [-0.1, -0.05) is 41.8 Å². The van der Waals surface area contributed by atoms with Crippen LogP contribution in [0.4, 0.5) is 5.69 Å². The summed E-state index contributed by atoms with van der Waals surface area (Å²) in [6.45, 7) is 6.79. The third kappa shape index (κ3) is 2.56. The maximum Gasteiger partial charge on any atom is 0.280 e. The van der Waals surface area contributed by atoms with Crippen molar-refractivity contribution in [3.63, 3.8) is 0 Å². The lowest BCUT2D eigenvalue weighted by Gasteiger charge is -2.24. The first-order chi connectivity index (χ1) is 11.8. The zero-order valence-corrected chi connectivity index (χ0v) is 15.7. The van der Waals surface area contributed by atoms with Gasteiger partial charge >= 0.3 is 0 Å². The Morgan fingerprint density at radius 2 is 1.96 bits per heavy atom. The topological polar surface area (TPSA) is 51.0 Å². The summed E-state index contributed by atoms with van der Waals surface area (Å²) in [6.07, 6.45) is 6.36. The zero-order chi connectivity index (χ0) is 17.8. The van der Waals surface area contributed by atoms with Crippen molar-refractivity contribution in [3.8, 4) is 0 Å². The summed E-state index contributed by atoms with van der Waals surface area (Å²) in [5.41, 5.74) is 2.29.